The van der Waals surface area contributed by atoms with E-state index in [2.05, 4.69) is 37.3 Å². The van der Waals surface area contributed by atoms with E-state index in [1.807, 2.05) is 18.2 Å². The zero-order valence-corrected chi connectivity index (χ0v) is 22.6. The Labute approximate surface area is 222 Å². The third-order valence-corrected chi connectivity index (χ3v) is 10.1. The van der Waals surface area contributed by atoms with Crippen LogP contribution in [0.5, 0.6) is 0 Å². The summed E-state index contributed by atoms with van der Waals surface area (Å²) in [4.78, 5) is 38.6. The number of nitrogens with zero attached hydrogens (tertiary/aromatic N) is 6. The maximum absolute atomic E-state index is 12.0. The standard InChI is InChI=1S/C21H27ClN6O8P2/c22-21-23-19(27-9-5-4-8-14(27)13-6-2-1-3-7-13)18-20(24-21)28(26-25-18)17-10-15(29)16(36-17)11-35-38(33,34)12-37(30,31)32/h1-3,6-7,14-17,29H,4-5,8-12H2,(H,33,34)(H2,30,31,32)/t14-,15+,16-,17-/m1/s1. The summed E-state index contributed by atoms with van der Waals surface area (Å²) in [5.74, 6) is -0.796. The minimum Gasteiger partial charge on any atom is -0.390 e. The summed E-state index contributed by atoms with van der Waals surface area (Å²) in [6.45, 7) is 0.175. The molecule has 2 aromatic heterocycles. The Bertz CT molecular complexity index is 1390. The zero-order chi connectivity index (χ0) is 27.1. The van der Waals surface area contributed by atoms with Gasteiger partial charge in [-0.25, -0.2) is 0 Å². The number of hydrogen-bond acceptors (Lipinski definition) is 10. The molecule has 1 unspecified atom stereocenters. The first-order valence-electron chi connectivity index (χ1n) is 12.0. The molecule has 2 saturated heterocycles. The molecule has 4 heterocycles. The Hall–Kier alpha value is -1.99. The summed E-state index contributed by atoms with van der Waals surface area (Å²) >= 11 is 6.33. The Morgan fingerprint density at radius 3 is 2.63 bits per heavy atom. The van der Waals surface area contributed by atoms with Crippen molar-refractivity contribution >= 4 is 43.8 Å². The van der Waals surface area contributed by atoms with Crippen molar-refractivity contribution in [1.29, 1.82) is 0 Å². The summed E-state index contributed by atoms with van der Waals surface area (Å²) in [5, 5.41) is 19.0. The van der Waals surface area contributed by atoms with Gasteiger partial charge < -0.3 is 33.9 Å². The van der Waals surface area contributed by atoms with Gasteiger partial charge in [0.2, 0.25) is 5.28 Å². The van der Waals surface area contributed by atoms with E-state index in [-0.39, 0.29) is 17.7 Å². The minimum atomic E-state index is -4.78. The van der Waals surface area contributed by atoms with E-state index in [9.17, 15) is 19.1 Å². The van der Waals surface area contributed by atoms with Crippen molar-refractivity contribution in [2.45, 2.75) is 50.2 Å². The molecule has 0 bridgehead atoms. The summed E-state index contributed by atoms with van der Waals surface area (Å²) in [6.07, 6.45) is -0.0264. The fraction of sp³-hybridized carbons (Fsp3) is 0.524. The summed E-state index contributed by atoms with van der Waals surface area (Å²) in [5.41, 5.74) is 1.86. The van der Waals surface area contributed by atoms with E-state index in [1.165, 1.54) is 4.68 Å². The number of halogens is 1. The predicted molar refractivity (Wildman–Crippen MR) is 136 cm³/mol. The van der Waals surface area contributed by atoms with Gasteiger partial charge in [0.1, 0.15) is 6.10 Å². The first kappa shape index (κ1) is 27.6. The van der Waals surface area contributed by atoms with E-state index in [0.717, 1.165) is 31.4 Å². The first-order chi connectivity index (χ1) is 18.0. The highest BCUT2D eigenvalue weighted by Crippen LogP contribution is 2.55. The van der Waals surface area contributed by atoms with Gasteiger partial charge in [0.05, 0.1) is 18.8 Å². The molecule has 0 aliphatic carbocycles. The van der Waals surface area contributed by atoms with Crippen LogP contribution in [0.1, 0.15) is 43.5 Å². The Kier molecular flexibility index (Phi) is 7.89. The smallest absolute Gasteiger partial charge is 0.340 e. The second kappa shape index (κ2) is 10.9. The van der Waals surface area contributed by atoms with Crippen molar-refractivity contribution in [3.8, 4) is 0 Å². The monoisotopic (exact) mass is 588 g/mol. The summed E-state index contributed by atoms with van der Waals surface area (Å²) in [7, 11) is -9.39. The van der Waals surface area contributed by atoms with Crippen LogP contribution in [0.4, 0.5) is 5.82 Å². The van der Waals surface area contributed by atoms with E-state index in [0.29, 0.717) is 17.0 Å². The van der Waals surface area contributed by atoms with Gasteiger partial charge in [0, 0.05) is 13.0 Å². The Balaban J connectivity index is 1.39. The molecule has 14 nitrogen and oxygen atoms in total. The second-order valence-electron chi connectivity index (χ2n) is 9.31. The van der Waals surface area contributed by atoms with Gasteiger partial charge in [-0.1, -0.05) is 35.5 Å². The lowest BCUT2D eigenvalue weighted by Gasteiger charge is -2.37. The van der Waals surface area contributed by atoms with Crippen molar-refractivity contribution in [3.05, 3.63) is 41.2 Å². The maximum Gasteiger partial charge on any atom is 0.340 e. The quantitative estimate of drug-likeness (QED) is 0.222. The first-order valence-corrected chi connectivity index (χ1v) is 15.9. The van der Waals surface area contributed by atoms with Gasteiger partial charge >= 0.3 is 15.2 Å². The number of benzene rings is 1. The van der Waals surface area contributed by atoms with Crippen molar-refractivity contribution in [2.24, 2.45) is 0 Å². The summed E-state index contributed by atoms with van der Waals surface area (Å²) < 4.78 is 35.0. The van der Waals surface area contributed by atoms with Gasteiger partial charge in [-0.15, -0.1) is 5.10 Å². The van der Waals surface area contributed by atoms with Crippen molar-refractivity contribution in [2.75, 3.05) is 24.0 Å². The molecule has 4 N–H and O–H groups in total. The minimum absolute atomic E-state index is 0.00878. The number of anilines is 1. The molecular weight excluding hydrogens is 562 g/mol. The average Bonchev–Trinajstić information content (AvgIpc) is 3.44. The fourth-order valence-electron chi connectivity index (χ4n) is 4.87. The molecule has 206 valence electrons. The highest BCUT2D eigenvalue weighted by Gasteiger charge is 2.40. The third-order valence-electron chi connectivity index (χ3n) is 6.52. The highest BCUT2D eigenvalue weighted by molar-refractivity contribution is 7.70. The molecule has 2 aliphatic rings. The van der Waals surface area contributed by atoms with Crippen LogP contribution < -0.4 is 4.90 Å². The molecule has 0 radical (unpaired) electrons. The van der Waals surface area contributed by atoms with Crippen LogP contribution in [0, 0.1) is 0 Å². The van der Waals surface area contributed by atoms with Crippen LogP contribution in [0.15, 0.2) is 30.3 Å². The fourth-order valence-corrected chi connectivity index (χ4v) is 7.60. The number of fused-ring (bicyclic) bond motifs is 1. The Morgan fingerprint density at radius 1 is 1.13 bits per heavy atom. The predicted octanol–water partition coefficient (Wildman–Crippen LogP) is 2.59. The van der Waals surface area contributed by atoms with E-state index >= 15 is 0 Å². The van der Waals surface area contributed by atoms with Crippen LogP contribution in [0.3, 0.4) is 0 Å². The van der Waals surface area contributed by atoms with Gasteiger partial charge in [-0.05, 0) is 36.4 Å². The van der Waals surface area contributed by atoms with Crippen molar-refractivity contribution in [1.82, 2.24) is 25.0 Å². The summed E-state index contributed by atoms with van der Waals surface area (Å²) in [6, 6.07) is 10.2. The van der Waals surface area contributed by atoms with Crippen molar-refractivity contribution in [3.63, 3.8) is 0 Å². The van der Waals surface area contributed by atoms with E-state index in [1.54, 1.807) is 0 Å². The molecule has 0 amide bonds. The van der Waals surface area contributed by atoms with Gasteiger partial charge in [-0.2, -0.15) is 14.6 Å². The molecule has 2 fully saturated rings. The molecule has 2 aliphatic heterocycles. The number of piperidine rings is 1. The molecule has 5 atom stereocenters. The van der Waals surface area contributed by atoms with E-state index in [4.69, 9.17) is 30.6 Å². The van der Waals surface area contributed by atoms with Gasteiger partial charge in [-0.3, -0.25) is 9.13 Å². The van der Waals surface area contributed by atoms with Gasteiger partial charge in [0.15, 0.2) is 29.1 Å². The van der Waals surface area contributed by atoms with Crippen molar-refractivity contribution < 1.29 is 38.2 Å². The van der Waals surface area contributed by atoms with Crippen LogP contribution >= 0.6 is 26.8 Å². The lowest BCUT2D eigenvalue weighted by Crippen LogP contribution is -2.34. The zero-order valence-electron chi connectivity index (χ0n) is 20.0. The lowest BCUT2D eigenvalue weighted by molar-refractivity contribution is -0.0440. The molecule has 5 rings (SSSR count). The van der Waals surface area contributed by atoms with Crippen LogP contribution in [0.2, 0.25) is 5.28 Å². The number of ether oxygens (including phenoxy) is 1. The van der Waals surface area contributed by atoms with Gasteiger partial charge in [0.25, 0.3) is 0 Å². The number of aromatic nitrogens is 5. The van der Waals surface area contributed by atoms with E-state index < -0.39 is 46.1 Å². The molecule has 3 aromatic rings. The number of aliphatic hydroxyl groups excluding tert-OH is 1. The topological polar surface area (TPSA) is 193 Å². The molecule has 0 saturated carbocycles. The molecule has 38 heavy (non-hydrogen) atoms. The van der Waals surface area contributed by atoms with Crippen LogP contribution in [0.25, 0.3) is 11.2 Å². The molecule has 1 aromatic carbocycles. The highest BCUT2D eigenvalue weighted by atomic mass is 35.5. The SMILES string of the molecule is O=P(O)(O)CP(=O)(O)OC[C@H]1O[C@@H](n2nnc3c(N4CCCC[C@@H]4c4ccccc4)nc(Cl)nc32)C[C@@H]1O. The largest absolute Gasteiger partial charge is 0.390 e. The normalized spacial score (nSPS) is 26.1. The molecular formula is C21H27ClN6O8P2. The second-order valence-corrected chi connectivity index (χ2v) is 13.6. The van der Waals surface area contributed by atoms with Crippen LogP contribution in [-0.4, -0.2) is 76.0 Å². The number of aliphatic hydroxyl groups is 1. The lowest BCUT2D eigenvalue weighted by atomic mass is 9.95. The third kappa shape index (κ3) is 6.09. The maximum atomic E-state index is 12.0. The Morgan fingerprint density at radius 2 is 1.89 bits per heavy atom. The molecule has 17 heteroatoms. The number of rotatable bonds is 8. The molecule has 0 spiro atoms. The average molecular weight is 589 g/mol. The van der Waals surface area contributed by atoms with Crippen LogP contribution in [-0.2, 0) is 18.4 Å². The number of hydrogen-bond donors (Lipinski definition) is 4.